The smallest absolute Gasteiger partial charge is 0.00923 e. The van der Waals surface area contributed by atoms with Crippen LogP contribution in [0.5, 0.6) is 0 Å². The molecule has 0 spiro atoms. The molecule has 0 aromatic carbocycles. The lowest BCUT2D eigenvalue weighted by molar-refractivity contribution is 0.153. The average Bonchev–Trinajstić information content (AvgIpc) is 2.56. The van der Waals surface area contributed by atoms with E-state index >= 15 is 0 Å². The first-order valence-electron chi connectivity index (χ1n) is 7.73. The molecule has 2 heteroatoms. The van der Waals surface area contributed by atoms with Crippen LogP contribution < -0.4 is 5.73 Å². The summed E-state index contributed by atoms with van der Waals surface area (Å²) in [5, 5.41) is 0. The second-order valence-electron chi connectivity index (χ2n) is 6.29. The maximum absolute atomic E-state index is 6.33. The van der Waals surface area contributed by atoms with Gasteiger partial charge in [-0.2, -0.15) is 0 Å². The van der Waals surface area contributed by atoms with Gasteiger partial charge in [-0.05, 0) is 38.6 Å². The van der Waals surface area contributed by atoms with Gasteiger partial charge in [-0.1, -0.05) is 38.5 Å². The molecule has 2 aliphatic rings. The molecule has 2 atom stereocenters. The number of hydrogen-bond acceptors (Lipinski definition) is 2. The van der Waals surface area contributed by atoms with Crippen LogP contribution in [0, 0.1) is 5.92 Å². The van der Waals surface area contributed by atoms with Gasteiger partial charge in [0.25, 0.3) is 0 Å². The fourth-order valence-electron chi connectivity index (χ4n) is 3.68. The Kier molecular flexibility index (Phi) is 5.30. The van der Waals surface area contributed by atoms with Crippen molar-refractivity contribution in [1.29, 1.82) is 0 Å². The van der Waals surface area contributed by atoms with Gasteiger partial charge in [0.05, 0.1) is 0 Å². The van der Waals surface area contributed by atoms with Gasteiger partial charge in [0.2, 0.25) is 0 Å². The highest BCUT2D eigenvalue weighted by Crippen LogP contribution is 2.26. The first-order valence-corrected chi connectivity index (χ1v) is 7.73. The topological polar surface area (TPSA) is 29.3 Å². The van der Waals surface area contributed by atoms with Crippen molar-refractivity contribution in [3.05, 3.63) is 0 Å². The first-order chi connectivity index (χ1) is 8.27. The third-order valence-electron chi connectivity index (χ3n) is 4.94. The monoisotopic (exact) mass is 238 g/mol. The number of nitrogens with zero attached hydrogens (tertiary/aromatic N) is 1. The molecule has 2 unspecified atom stereocenters. The number of rotatable bonds is 3. The van der Waals surface area contributed by atoms with Crippen molar-refractivity contribution >= 4 is 0 Å². The molecule has 2 rings (SSSR count). The Balaban J connectivity index is 1.80. The van der Waals surface area contributed by atoms with Gasteiger partial charge in [-0.15, -0.1) is 0 Å². The van der Waals surface area contributed by atoms with Gasteiger partial charge < -0.3 is 10.6 Å². The van der Waals surface area contributed by atoms with Crippen LogP contribution in [0.4, 0.5) is 0 Å². The quantitative estimate of drug-likeness (QED) is 0.765. The van der Waals surface area contributed by atoms with Crippen molar-refractivity contribution in [2.75, 3.05) is 13.6 Å². The van der Waals surface area contributed by atoms with Crippen molar-refractivity contribution < 1.29 is 0 Å². The SMILES string of the molecule is CN(CC1CCCCCC1N)C1CCCCC1. The Morgan fingerprint density at radius 2 is 1.47 bits per heavy atom. The summed E-state index contributed by atoms with van der Waals surface area (Å²) in [5.41, 5.74) is 6.33. The molecular formula is C15H30N2. The fourth-order valence-corrected chi connectivity index (χ4v) is 3.68. The highest BCUT2D eigenvalue weighted by atomic mass is 15.1. The van der Waals surface area contributed by atoms with Crippen molar-refractivity contribution in [2.45, 2.75) is 76.3 Å². The Hall–Kier alpha value is -0.0800. The van der Waals surface area contributed by atoms with Crippen molar-refractivity contribution in [3.8, 4) is 0 Å². The van der Waals surface area contributed by atoms with Crippen LogP contribution in [0.3, 0.4) is 0 Å². The van der Waals surface area contributed by atoms with Crippen LogP contribution in [0.25, 0.3) is 0 Å². The number of hydrogen-bond donors (Lipinski definition) is 1. The Labute approximate surface area is 107 Å². The second kappa shape index (κ2) is 6.75. The fraction of sp³-hybridized carbons (Fsp3) is 1.00. The van der Waals surface area contributed by atoms with Crippen LogP contribution in [0.1, 0.15) is 64.2 Å². The highest BCUT2D eigenvalue weighted by molar-refractivity contribution is 4.81. The Morgan fingerprint density at radius 1 is 0.882 bits per heavy atom. The standard InChI is InChI=1S/C15H30N2/c1-17(14-9-5-3-6-10-14)12-13-8-4-2-7-11-15(13)16/h13-15H,2-12,16H2,1H3. The van der Waals surface area contributed by atoms with E-state index in [9.17, 15) is 0 Å². The predicted molar refractivity (Wildman–Crippen MR) is 74.1 cm³/mol. The molecule has 17 heavy (non-hydrogen) atoms. The summed E-state index contributed by atoms with van der Waals surface area (Å²) in [6.07, 6.45) is 13.9. The molecule has 2 fully saturated rings. The summed E-state index contributed by atoms with van der Waals surface area (Å²) >= 11 is 0. The second-order valence-corrected chi connectivity index (χ2v) is 6.29. The van der Waals surface area contributed by atoms with Crippen LogP contribution in [0.2, 0.25) is 0 Å². The molecule has 2 aliphatic carbocycles. The molecule has 100 valence electrons. The lowest BCUT2D eigenvalue weighted by Gasteiger charge is -2.35. The summed E-state index contributed by atoms with van der Waals surface area (Å²) < 4.78 is 0. The first kappa shape index (κ1) is 13.4. The molecule has 0 bridgehead atoms. The molecular weight excluding hydrogens is 208 g/mol. The van der Waals surface area contributed by atoms with Gasteiger partial charge in [0, 0.05) is 18.6 Å². The lowest BCUT2D eigenvalue weighted by atomic mass is 9.91. The lowest BCUT2D eigenvalue weighted by Crippen LogP contribution is -2.42. The van der Waals surface area contributed by atoms with E-state index in [4.69, 9.17) is 5.73 Å². The van der Waals surface area contributed by atoms with Crippen LogP contribution >= 0.6 is 0 Å². The van der Waals surface area contributed by atoms with Crippen molar-refractivity contribution in [1.82, 2.24) is 4.90 Å². The molecule has 0 radical (unpaired) electrons. The van der Waals surface area contributed by atoms with Gasteiger partial charge in [-0.3, -0.25) is 0 Å². The normalized spacial score (nSPS) is 32.6. The maximum atomic E-state index is 6.33. The van der Waals surface area contributed by atoms with E-state index < -0.39 is 0 Å². The van der Waals surface area contributed by atoms with E-state index in [0.29, 0.717) is 6.04 Å². The van der Waals surface area contributed by atoms with Crippen LogP contribution in [-0.2, 0) is 0 Å². The Morgan fingerprint density at radius 3 is 2.18 bits per heavy atom. The largest absolute Gasteiger partial charge is 0.327 e. The van der Waals surface area contributed by atoms with Crippen LogP contribution in [-0.4, -0.2) is 30.6 Å². The zero-order chi connectivity index (χ0) is 12.1. The minimum absolute atomic E-state index is 0.462. The van der Waals surface area contributed by atoms with Gasteiger partial charge in [0.1, 0.15) is 0 Å². The summed E-state index contributed by atoms with van der Waals surface area (Å²) in [7, 11) is 2.33. The molecule has 0 saturated heterocycles. The molecule has 2 N–H and O–H groups in total. The van der Waals surface area contributed by atoms with E-state index in [2.05, 4.69) is 11.9 Å². The minimum Gasteiger partial charge on any atom is -0.327 e. The zero-order valence-corrected chi connectivity index (χ0v) is 11.5. The average molecular weight is 238 g/mol. The third kappa shape index (κ3) is 3.96. The summed E-state index contributed by atoms with van der Waals surface area (Å²) in [5.74, 6) is 0.754. The predicted octanol–water partition coefficient (Wildman–Crippen LogP) is 3.16. The molecule has 0 aromatic heterocycles. The summed E-state index contributed by atoms with van der Waals surface area (Å²) in [6.45, 7) is 1.24. The summed E-state index contributed by atoms with van der Waals surface area (Å²) in [4.78, 5) is 2.62. The third-order valence-corrected chi connectivity index (χ3v) is 4.94. The van der Waals surface area contributed by atoms with E-state index in [1.807, 2.05) is 0 Å². The number of nitrogens with two attached hydrogens (primary N) is 1. The molecule has 0 aliphatic heterocycles. The highest BCUT2D eigenvalue weighted by Gasteiger charge is 2.25. The zero-order valence-electron chi connectivity index (χ0n) is 11.5. The van der Waals surface area contributed by atoms with Gasteiger partial charge in [-0.25, -0.2) is 0 Å². The minimum atomic E-state index is 0.462. The molecule has 2 saturated carbocycles. The van der Waals surface area contributed by atoms with Gasteiger partial charge in [0.15, 0.2) is 0 Å². The molecule has 0 heterocycles. The Bertz CT molecular complexity index is 211. The molecule has 0 amide bonds. The van der Waals surface area contributed by atoms with Crippen molar-refractivity contribution in [2.24, 2.45) is 11.7 Å². The van der Waals surface area contributed by atoms with E-state index in [1.165, 1.54) is 70.8 Å². The van der Waals surface area contributed by atoms with E-state index in [1.54, 1.807) is 0 Å². The van der Waals surface area contributed by atoms with Crippen LogP contribution in [0.15, 0.2) is 0 Å². The van der Waals surface area contributed by atoms with E-state index in [-0.39, 0.29) is 0 Å². The maximum Gasteiger partial charge on any atom is 0.00923 e. The molecule has 2 nitrogen and oxygen atoms in total. The molecule has 0 aromatic rings. The van der Waals surface area contributed by atoms with Gasteiger partial charge >= 0.3 is 0 Å². The summed E-state index contributed by atoms with van der Waals surface area (Å²) in [6, 6.07) is 1.31. The van der Waals surface area contributed by atoms with E-state index in [0.717, 1.165) is 12.0 Å². The van der Waals surface area contributed by atoms with Crippen molar-refractivity contribution in [3.63, 3.8) is 0 Å².